The Bertz CT molecular complexity index is 868. The quantitative estimate of drug-likeness (QED) is 0.726. The number of carbonyl (C=O) groups excluding carboxylic acids is 2. The summed E-state index contributed by atoms with van der Waals surface area (Å²) in [6, 6.07) is 5.11. The fraction of sp³-hybridized carbons (Fsp3) is 0.429. The van der Waals surface area contributed by atoms with Crippen molar-refractivity contribution in [1.29, 1.82) is 0 Å². The van der Waals surface area contributed by atoms with Crippen LogP contribution in [0.25, 0.3) is 0 Å². The van der Waals surface area contributed by atoms with Crippen molar-refractivity contribution in [3.8, 4) is 17.2 Å². The SMILES string of the molecule is COc1ccc(C(=O)NNC(=O)c2cc3c(s2)CCCCCC3)c(OC)c1OC. The molecule has 1 aromatic carbocycles. The summed E-state index contributed by atoms with van der Waals surface area (Å²) < 4.78 is 15.8. The number of aryl methyl sites for hydroxylation is 2. The summed E-state index contributed by atoms with van der Waals surface area (Å²) >= 11 is 1.51. The second-order valence-electron chi connectivity index (χ2n) is 6.76. The van der Waals surface area contributed by atoms with Crippen molar-refractivity contribution in [2.45, 2.75) is 38.5 Å². The Labute approximate surface area is 174 Å². The molecule has 8 heteroatoms. The van der Waals surface area contributed by atoms with Gasteiger partial charge in [-0.05, 0) is 49.4 Å². The zero-order valence-electron chi connectivity index (χ0n) is 16.9. The normalized spacial score (nSPS) is 13.5. The maximum atomic E-state index is 12.6. The minimum atomic E-state index is -0.508. The molecule has 156 valence electrons. The highest BCUT2D eigenvalue weighted by Crippen LogP contribution is 2.39. The predicted molar refractivity (Wildman–Crippen MR) is 111 cm³/mol. The first kappa shape index (κ1) is 21.0. The molecule has 1 aliphatic rings. The molecule has 2 aromatic rings. The largest absolute Gasteiger partial charge is 0.493 e. The van der Waals surface area contributed by atoms with Gasteiger partial charge < -0.3 is 14.2 Å². The van der Waals surface area contributed by atoms with Crippen molar-refractivity contribution in [1.82, 2.24) is 10.9 Å². The average molecular weight is 419 g/mol. The number of thiophene rings is 1. The van der Waals surface area contributed by atoms with Crippen molar-refractivity contribution in [2.75, 3.05) is 21.3 Å². The molecular formula is C21H26N2O5S. The van der Waals surface area contributed by atoms with Gasteiger partial charge in [0, 0.05) is 4.88 Å². The summed E-state index contributed by atoms with van der Waals surface area (Å²) in [5, 5.41) is 0. The zero-order valence-corrected chi connectivity index (χ0v) is 17.7. The van der Waals surface area contributed by atoms with Crippen molar-refractivity contribution in [3.63, 3.8) is 0 Å². The van der Waals surface area contributed by atoms with Crippen molar-refractivity contribution < 1.29 is 23.8 Å². The van der Waals surface area contributed by atoms with E-state index >= 15 is 0 Å². The lowest BCUT2D eigenvalue weighted by atomic mass is 10.00. The Morgan fingerprint density at radius 1 is 0.862 bits per heavy atom. The summed E-state index contributed by atoms with van der Waals surface area (Å²) in [4.78, 5) is 27.1. The summed E-state index contributed by atoms with van der Waals surface area (Å²) in [5.74, 6) is 0.159. The fourth-order valence-corrected chi connectivity index (χ4v) is 4.63. The average Bonchev–Trinajstić information content (AvgIpc) is 3.12. The number of hydrogen-bond donors (Lipinski definition) is 2. The van der Waals surface area contributed by atoms with Gasteiger partial charge >= 0.3 is 0 Å². The summed E-state index contributed by atoms with van der Waals surface area (Å²) in [7, 11) is 4.41. The molecule has 1 aliphatic carbocycles. The van der Waals surface area contributed by atoms with Crippen LogP contribution in [0.1, 0.15) is 56.2 Å². The molecule has 2 amide bonds. The van der Waals surface area contributed by atoms with Crippen LogP contribution in [0.2, 0.25) is 0 Å². The van der Waals surface area contributed by atoms with Crippen molar-refractivity contribution in [3.05, 3.63) is 39.1 Å². The van der Waals surface area contributed by atoms with Gasteiger partial charge in [0.2, 0.25) is 5.75 Å². The van der Waals surface area contributed by atoms with E-state index in [2.05, 4.69) is 10.9 Å². The first-order valence-corrected chi connectivity index (χ1v) is 10.4. The van der Waals surface area contributed by atoms with Gasteiger partial charge in [-0.15, -0.1) is 11.3 Å². The number of carbonyl (C=O) groups is 2. The molecule has 0 bridgehead atoms. The van der Waals surface area contributed by atoms with E-state index in [9.17, 15) is 9.59 Å². The highest BCUT2D eigenvalue weighted by atomic mass is 32.1. The molecular weight excluding hydrogens is 392 g/mol. The first-order chi connectivity index (χ1) is 14.1. The molecule has 0 atom stereocenters. The molecule has 0 spiro atoms. The van der Waals surface area contributed by atoms with E-state index < -0.39 is 5.91 Å². The number of amides is 2. The second-order valence-corrected chi connectivity index (χ2v) is 7.90. The van der Waals surface area contributed by atoms with Crippen LogP contribution >= 0.6 is 11.3 Å². The van der Waals surface area contributed by atoms with Crippen LogP contribution in [0.5, 0.6) is 17.2 Å². The number of nitrogens with one attached hydrogen (secondary N) is 2. The molecule has 1 heterocycles. The lowest BCUT2D eigenvalue weighted by molar-refractivity contribution is 0.0846. The van der Waals surface area contributed by atoms with E-state index in [4.69, 9.17) is 14.2 Å². The maximum Gasteiger partial charge on any atom is 0.279 e. The van der Waals surface area contributed by atoms with Gasteiger partial charge in [-0.2, -0.15) is 0 Å². The number of fused-ring (bicyclic) bond motifs is 1. The van der Waals surface area contributed by atoms with Crippen LogP contribution in [0.4, 0.5) is 0 Å². The molecule has 2 N–H and O–H groups in total. The van der Waals surface area contributed by atoms with Gasteiger partial charge in [0.05, 0.1) is 31.8 Å². The zero-order chi connectivity index (χ0) is 20.8. The summed E-state index contributed by atoms with van der Waals surface area (Å²) in [5.41, 5.74) is 6.44. The van der Waals surface area contributed by atoms with Gasteiger partial charge in [0.1, 0.15) is 0 Å². The van der Waals surface area contributed by atoms with Gasteiger partial charge in [-0.25, -0.2) is 0 Å². The molecule has 1 aromatic heterocycles. The lowest BCUT2D eigenvalue weighted by Crippen LogP contribution is -2.41. The third-order valence-electron chi connectivity index (χ3n) is 4.96. The molecule has 29 heavy (non-hydrogen) atoms. The first-order valence-electron chi connectivity index (χ1n) is 9.60. The third kappa shape index (κ3) is 4.64. The van der Waals surface area contributed by atoms with Gasteiger partial charge in [0.15, 0.2) is 11.5 Å². The molecule has 0 radical (unpaired) electrons. The Hall–Kier alpha value is -2.74. The van der Waals surface area contributed by atoms with Gasteiger partial charge in [-0.3, -0.25) is 20.4 Å². The Kier molecular flexibility index (Phi) is 6.98. The second kappa shape index (κ2) is 9.65. The number of rotatable bonds is 5. The van der Waals surface area contributed by atoms with Crippen LogP contribution in [0.3, 0.4) is 0 Å². The van der Waals surface area contributed by atoms with Crippen LogP contribution in [-0.4, -0.2) is 33.1 Å². The fourth-order valence-electron chi connectivity index (χ4n) is 3.48. The van der Waals surface area contributed by atoms with Gasteiger partial charge in [0.25, 0.3) is 11.8 Å². The number of hydrogen-bond acceptors (Lipinski definition) is 6. The van der Waals surface area contributed by atoms with Crippen molar-refractivity contribution in [2.24, 2.45) is 0 Å². The highest BCUT2D eigenvalue weighted by molar-refractivity contribution is 7.14. The highest BCUT2D eigenvalue weighted by Gasteiger charge is 2.22. The molecule has 0 aliphatic heterocycles. The smallest absolute Gasteiger partial charge is 0.279 e. The Morgan fingerprint density at radius 2 is 1.55 bits per heavy atom. The summed E-state index contributed by atoms with van der Waals surface area (Å²) in [6.45, 7) is 0. The molecule has 0 fully saturated rings. The Balaban J connectivity index is 1.71. The molecule has 7 nitrogen and oxygen atoms in total. The monoisotopic (exact) mass is 418 g/mol. The van der Waals surface area contributed by atoms with E-state index in [0.29, 0.717) is 16.4 Å². The Morgan fingerprint density at radius 3 is 2.24 bits per heavy atom. The van der Waals surface area contributed by atoms with Crippen LogP contribution in [-0.2, 0) is 12.8 Å². The molecule has 0 saturated carbocycles. The molecule has 0 unspecified atom stereocenters. The topological polar surface area (TPSA) is 85.9 Å². The van der Waals surface area contributed by atoms with E-state index in [1.165, 1.54) is 55.9 Å². The van der Waals surface area contributed by atoms with E-state index in [1.54, 1.807) is 12.1 Å². The minimum Gasteiger partial charge on any atom is -0.493 e. The minimum absolute atomic E-state index is 0.226. The number of methoxy groups -OCH3 is 3. The van der Waals surface area contributed by atoms with Crippen LogP contribution in [0, 0.1) is 0 Å². The van der Waals surface area contributed by atoms with E-state index in [-0.39, 0.29) is 17.2 Å². The number of benzene rings is 1. The van der Waals surface area contributed by atoms with E-state index in [1.807, 2.05) is 6.07 Å². The lowest BCUT2D eigenvalue weighted by Gasteiger charge is -2.15. The van der Waals surface area contributed by atoms with Crippen LogP contribution < -0.4 is 25.1 Å². The molecule has 0 saturated heterocycles. The van der Waals surface area contributed by atoms with Crippen molar-refractivity contribution >= 4 is 23.2 Å². The summed E-state index contributed by atoms with van der Waals surface area (Å²) in [6.07, 6.45) is 6.81. The van der Waals surface area contributed by atoms with Gasteiger partial charge in [-0.1, -0.05) is 12.8 Å². The standard InChI is InChI=1S/C21H26N2O5S/c1-26-15-11-10-14(18(27-2)19(15)28-3)20(24)22-23-21(25)17-12-13-8-6-4-5-7-9-16(13)29-17/h10-12H,4-9H2,1-3H3,(H,22,24)(H,23,25). The third-order valence-corrected chi connectivity index (χ3v) is 6.19. The van der Waals surface area contributed by atoms with E-state index in [0.717, 1.165) is 25.7 Å². The number of hydrazine groups is 1. The van der Waals surface area contributed by atoms with Crippen LogP contribution in [0.15, 0.2) is 18.2 Å². The predicted octanol–water partition coefficient (Wildman–Crippen LogP) is 3.51. The molecule has 3 rings (SSSR count). The number of ether oxygens (including phenoxy) is 3. The maximum absolute atomic E-state index is 12.6.